The molecular formula is C21H24BrN3O. The van der Waals surface area contributed by atoms with Crippen LogP contribution in [0.4, 0.5) is 5.69 Å². The first kappa shape index (κ1) is 17.7. The molecular weight excluding hydrogens is 390 g/mol. The lowest BCUT2D eigenvalue weighted by molar-refractivity contribution is 0.102. The Labute approximate surface area is 162 Å². The Bertz CT molecular complexity index is 754. The third-order valence-corrected chi connectivity index (χ3v) is 5.81. The van der Waals surface area contributed by atoms with Crippen LogP contribution < -0.4 is 16.0 Å². The van der Waals surface area contributed by atoms with Gasteiger partial charge in [0, 0.05) is 33.7 Å². The summed E-state index contributed by atoms with van der Waals surface area (Å²) < 4.78 is 0.968. The number of piperidine rings is 1. The van der Waals surface area contributed by atoms with Gasteiger partial charge in [0.15, 0.2) is 0 Å². The second-order valence-electron chi connectivity index (χ2n) is 7.22. The molecule has 0 aromatic heterocycles. The Morgan fingerprint density at radius 1 is 1.00 bits per heavy atom. The fourth-order valence-electron chi connectivity index (χ4n) is 3.66. The van der Waals surface area contributed by atoms with E-state index in [-0.39, 0.29) is 5.91 Å². The Morgan fingerprint density at radius 3 is 2.38 bits per heavy atom. The molecule has 2 atom stereocenters. The zero-order chi connectivity index (χ0) is 17.9. The smallest absolute Gasteiger partial charge is 0.255 e. The monoisotopic (exact) mass is 413 g/mol. The number of halogens is 1. The number of anilines is 1. The second-order valence-corrected chi connectivity index (χ2v) is 8.14. The van der Waals surface area contributed by atoms with Crippen LogP contribution in [0.15, 0.2) is 53.0 Å². The van der Waals surface area contributed by atoms with E-state index in [0.29, 0.717) is 23.6 Å². The summed E-state index contributed by atoms with van der Waals surface area (Å²) in [4.78, 5) is 12.3. The fourth-order valence-corrected chi connectivity index (χ4v) is 3.92. The van der Waals surface area contributed by atoms with E-state index in [2.05, 4.69) is 44.0 Å². The van der Waals surface area contributed by atoms with Crippen LogP contribution >= 0.6 is 15.9 Å². The van der Waals surface area contributed by atoms with Crippen molar-refractivity contribution in [1.29, 1.82) is 0 Å². The molecule has 1 saturated heterocycles. The number of rotatable bonds is 5. The minimum Gasteiger partial charge on any atom is -0.322 e. The van der Waals surface area contributed by atoms with Gasteiger partial charge in [-0.2, -0.15) is 0 Å². The average Bonchev–Trinajstić information content (AvgIpc) is 3.43. The minimum absolute atomic E-state index is 0.0814. The summed E-state index contributed by atoms with van der Waals surface area (Å²) in [5.41, 5.74) is 2.86. The molecule has 2 aliphatic rings. The average molecular weight is 414 g/mol. The van der Waals surface area contributed by atoms with Crippen LogP contribution in [0.3, 0.4) is 0 Å². The summed E-state index contributed by atoms with van der Waals surface area (Å²) in [6.45, 7) is 2.25. The van der Waals surface area contributed by atoms with Gasteiger partial charge in [-0.15, -0.1) is 0 Å². The van der Waals surface area contributed by atoms with Crippen LogP contribution in [0.1, 0.15) is 41.1 Å². The molecule has 136 valence electrons. The van der Waals surface area contributed by atoms with Gasteiger partial charge in [0.05, 0.1) is 0 Å². The van der Waals surface area contributed by atoms with Crippen molar-refractivity contribution in [3.63, 3.8) is 0 Å². The molecule has 1 amide bonds. The number of benzene rings is 2. The molecule has 0 bridgehead atoms. The molecule has 4 rings (SSSR count). The first-order chi connectivity index (χ1) is 12.7. The maximum atomic E-state index is 12.3. The molecule has 2 aromatic rings. The van der Waals surface area contributed by atoms with E-state index in [1.54, 1.807) is 0 Å². The first-order valence-corrected chi connectivity index (χ1v) is 10.1. The molecule has 1 aliphatic heterocycles. The minimum atomic E-state index is -0.0814. The molecule has 0 unspecified atom stereocenters. The van der Waals surface area contributed by atoms with E-state index in [4.69, 9.17) is 0 Å². The van der Waals surface area contributed by atoms with Gasteiger partial charge in [0.25, 0.3) is 5.91 Å². The van der Waals surface area contributed by atoms with Crippen LogP contribution in [-0.2, 0) is 0 Å². The van der Waals surface area contributed by atoms with Gasteiger partial charge in [-0.1, -0.05) is 28.1 Å². The normalized spacial score (nSPS) is 22.8. The largest absolute Gasteiger partial charge is 0.322 e. The van der Waals surface area contributed by atoms with Crippen LogP contribution in [0.5, 0.6) is 0 Å². The third-order valence-electron chi connectivity index (χ3n) is 5.28. The summed E-state index contributed by atoms with van der Waals surface area (Å²) in [7, 11) is 0. The van der Waals surface area contributed by atoms with Crippen molar-refractivity contribution in [2.45, 2.75) is 37.3 Å². The van der Waals surface area contributed by atoms with E-state index < -0.39 is 0 Å². The maximum absolute atomic E-state index is 12.3. The van der Waals surface area contributed by atoms with E-state index in [1.807, 2.05) is 36.4 Å². The van der Waals surface area contributed by atoms with Gasteiger partial charge >= 0.3 is 0 Å². The summed E-state index contributed by atoms with van der Waals surface area (Å²) in [5.74, 6) is 0.531. The highest BCUT2D eigenvalue weighted by Gasteiger charge is 2.39. The van der Waals surface area contributed by atoms with Gasteiger partial charge in [0.2, 0.25) is 0 Å². The van der Waals surface area contributed by atoms with Crippen LogP contribution in [0, 0.1) is 0 Å². The summed E-state index contributed by atoms with van der Waals surface area (Å²) in [6.07, 6.45) is 3.67. The van der Waals surface area contributed by atoms with Crippen molar-refractivity contribution in [3.8, 4) is 0 Å². The molecule has 26 heavy (non-hydrogen) atoms. The zero-order valence-corrected chi connectivity index (χ0v) is 16.3. The standard InChI is InChI=1S/C21H24BrN3O/c22-16-5-1-15(2-6-16)21(26)25-17-7-3-14(4-8-17)19-13-20(19)24-18-9-11-23-12-10-18/h1-8,18-20,23-24H,9-13H2,(H,25,26)/t19-,20+/m0/s1. The molecule has 1 heterocycles. The molecule has 2 fully saturated rings. The Hall–Kier alpha value is -1.69. The van der Waals surface area contributed by atoms with Gasteiger partial charge in [0.1, 0.15) is 0 Å². The van der Waals surface area contributed by atoms with Gasteiger partial charge in [-0.25, -0.2) is 0 Å². The number of carbonyl (C=O) groups excluding carboxylic acids is 1. The molecule has 5 heteroatoms. The SMILES string of the molecule is O=C(Nc1ccc([C@@H]2C[C@H]2NC2CCNCC2)cc1)c1ccc(Br)cc1. The molecule has 1 saturated carbocycles. The van der Waals surface area contributed by atoms with Crippen LogP contribution in [-0.4, -0.2) is 31.1 Å². The summed E-state index contributed by atoms with van der Waals surface area (Å²) in [6, 6.07) is 17.0. The number of hydrogen-bond acceptors (Lipinski definition) is 3. The highest BCUT2D eigenvalue weighted by Crippen LogP contribution is 2.41. The highest BCUT2D eigenvalue weighted by molar-refractivity contribution is 9.10. The summed E-state index contributed by atoms with van der Waals surface area (Å²) in [5, 5.41) is 10.2. The lowest BCUT2D eigenvalue weighted by Crippen LogP contribution is -2.41. The van der Waals surface area contributed by atoms with Crippen molar-refractivity contribution in [2.24, 2.45) is 0 Å². The first-order valence-electron chi connectivity index (χ1n) is 9.33. The number of hydrogen-bond donors (Lipinski definition) is 3. The number of amides is 1. The van der Waals surface area contributed by atoms with Crippen LogP contribution in [0.25, 0.3) is 0 Å². The molecule has 0 spiro atoms. The summed E-state index contributed by atoms with van der Waals surface area (Å²) >= 11 is 3.38. The lowest BCUT2D eigenvalue weighted by atomic mass is 10.1. The molecule has 0 radical (unpaired) electrons. The van der Waals surface area contributed by atoms with Crippen molar-refractivity contribution >= 4 is 27.5 Å². The Morgan fingerprint density at radius 2 is 1.69 bits per heavy atom. The Kier molecular flexibility index (Phi) is 5.38. The van der Waals surface area contributed by atoms with Crippen molar-refractivity contribution in [3.05, 3.63) is 64.1 Å². The van der Waals surface area contributed by atoms with Gasteiger partial charge in [-0.05, 0) is 74.3 Å². The predicted molar refractivity (Wildman–Crippen MR) is 109 cm³/mol. The van der Waals surface area contributed by atoms with E-state index in [0.717, 1.165) is 23.2 Å². The fraction of sp³-hybridized carbons (Fsp3) is 0.381. The third kappa shape index (κ3) is 4.34. The Balaban J connectivity index is 1.31. The lowest BCUT2D eigenvalue weighted by Gasteiger charge is -2.24. The number of nitrogens with one attached hydrogen (secondary N) is 3. The van der Waals surface area contributed by atoms with E-state index >= 15 is 0 Å². The molecule has 1 aliphatic carbocycles. The highest BCUT2D eigenvalue weighted by atomic mass is 79.9. The molecule has 3 N–H and O–H groups in total. The number of carbonyl (C=O) groups is 1. The predicted octanol–water partition coefficient (Wildman–Crippen LogP) is 3.90. The maximum Gasteiger partial charge on any atom is 0.255 e. The molecule has 2 aromatic carbocycles. The molecule has 4 nitrogen and oxygen atoms in total. The van der Waals surface area contributed by atoms with Crippen molar-refractivity contribution in [2.75, 3.05) is 18.4 Å². The van der Waals surface area contributed by atoms with Crippen molar-refractivity contribution in [1.82, 2.24) is 10.6 Å². The van der Waals surface area contributed by atoms with E-state index in [9.17, 15) is 4.79 Å². The van der Waals surface area contributed by atoms with Gasteiger partial charge < -0.3 is 16.0 Å². The van der Waals surface area contributed by atoms with Crippen LogP contribution in [0.2, 0.25) is 0 Å². The second kappa shape index (κ2) is 7.91. The van der Waals surface area contributed by atoms with Crippen molar-refractivity contribution < 1.29 is 4.79 Å². The van der Waals surface area contributed by atoms with E-state index in [1.165, 1.54) is 24.8 Å². The topological polar surface area (TPSA) is 53.2 Å². The zero-order valence-electron chi connectivity index (χ0n) is 14.7. The van der Waals surface area contributed by atoms with Gasteiger partial charge in [-0.3, -0.25) is 4.79 Å². The quantitative estimate of drug-likeness (QED) is 0.696.